The van der Waals surface area contributed by atoms with Gasteiger partial charge in [0.05, 0.1) is 15.6 Å². The van der Waals surface area contributed by atoms with Gasteiger partial charge in [0.15, 0.2) is 0 Å². The first kappa shape index (κ1) is 12.7. The normalized spacial score (nSPS) is 11.1. The van der Waals surface area contributed by atoms with E-state index in [1.165, 1.54) is 13.0 Å². The van der Waals surface area contributed by atoms with Crippen LogP contribution in [0.4, 0.5) is 4.39 Å². The van der Waals surface area contributed by atoms with Crippen molar-refractivity contribution >= 4 is 29.0 Å². The zero-order valence-corrected chi connectivity index (χ0v) is 9.73. The van der Waals surface area contributed by atoms with E-state index in [-0.39, 0.29) is 21.2 Å². The number of allylic oxidation sites excluding steroid dienone is 2. The summed E-state index contributed by atoms with van der Waals surface area (Å²) in [4.78, 5) is 11.7. The third kappa shape index (κ3) is 2.41. The first-order chi connectivity index (χ1) is 7.51. The zero-order valence-electron chi connectivity index (χ0n) is 8.22. The Hall–Kier alpha value is -1.37. The molecule has 0 saturated carbocycles. The number of benzene rings is 1. The maximum absolute atomic E-state index is 13.1. The second-order valence-corrected chi connectivity index (χ2v) is 3.70. The number of ketones is 1. The Kier molecular flexibility index (Phi) is 4.05. The van der Waals surface area contributed by atoms with Gasteiger partial charge >= 0.3 is 0 Å². The van der Waals surface area contributed by atoms with E-state index < -0.39 is 11.6 Å². The van der Waals surface area contributed by atoms with E-state index in [9.17, 15) is 9.18 Å². The van der Waals surface area contributed by atoms with Crippen molar-refractivity contribution in [2.45, 2.75) is 6.92 Å². The van der Waals surface area contributed by atoms with Gasteiger partial charge in [0.2, 0.25) is 5.78 Å². The molecule has 1 aromatic carbocycles. The molecular weight excluding hydrogens is 252 g/mol. The number of halogens is 3. The fourth-order valence-electron chi connectivity index (χ4n) is 1.09. The molecule has 0 aliphatic rings. The fourth-order valence-corrected chi connectivity index (χ4v) is 1.56. The number of rotatable bonds is 2. The van der Waals surface area contributed by atoms with Crippen LogP contribution in [0.5, 0.6) is 0 Å². The Bertz CT molecular complexity index is 517. The van der Waals surface area contributed by atoms with Crippen LogP contribution in [0.15, 0.2) is 23.8 Å². The molecule has 0 fully saturated rings. The predicted molar refractivity (Wildman–Crippen MR) is 60.1 cm³/mol. The van der Waals surface area contributed by atoms with Gasteiger partial charge in [-0.1, -0.05) is 29.3 Å². The van der Waals surface area contributed by atoms with Gasteiger partial charge in [0.1, 0.15) is 11.9 Å². The smallest absolute Gasteiger partial charge is 0.204 e. The summed E-state index contributed by atoms with van der Waals surface area (Å²) in [6.07, 6.45) is 1.34. The van der Waals surface area contributed by atoms with Crippen LogP contribution in [0.3, 0.4) is 0 Å². The van der Waals surface area contributed by atoms with Gasteiger partial charge in [-0.25, -0.2) is 4.39 Å². The van der Waals surface area contributed by atoms with Crippen LogP contribution < -0.4 is 0 Å². The minimum Gasteiger partial charge on any atom is -0.288 e. The highest BCUT2D eigenvalue weighted by atomic mass is 35.5. The number of nitrogens with zero attached hydrogens (tertiary/aromatic N) is 1. The zero-order chi connectivity index (χ0) is 12.3. The third-order valence-corrected chi connectivity index (χ3v) is 2.51. The van der Waals surface area contributed by atoms with E-state index in [1.807, 2.05) is 0 Å². The average Bonchev–Trinajstić information content (AvgIpc) is 2.25. The van der Waals surface area contributed by atoms with Crippen molar-refractivity contribution in [1.82, 2.24) is 0 Å². The summed E-state index contributed by atoms with van der Waals surface area (Å²) < 4.78 is 13.1. The van der Waals surface area contributed by atoms with E-state index in [1.54, 1.807) is 6.07 Å². The maximum atomic E-state index is 13.1. The van der Waals surface area contributed by atoms with E-state index >= 15 is 0 Å². The second kappa shape index (κ2) is 5.11. The van der Waals surface area contributed by atoms with Crippen LogP contribution in [0.25, 0.3) is 0 Å². The quantitative estimate of drug-likeness (QED) is 0.350. The van der Waals surface area contributed by atoms with Crippen LogP contribution in [0.1, 0.15) is 17.3 Å². The summed E-state index contributed by atoms with van der Waals surface area (Å²) in [6.45, 7) is 1.54. The molecule has 1 rings (SSSR count). The molecule has 0 spiro atoms. The summed E-state index contributed by atoms with van der Waals surface area (Å²) in [5.41, 5.74) is -0.165. The Morgan fingerprint density at radius 3 is 2.56 bits per heavy atom. The van der Waals surface area contributed by atoms with Crippen molar-refractivity contribution in [1.29, 1.82) is 5.26 Å². The Morgan fingerprint density at radius 2 is 2.06 bits per heavy atom. The molecular formula is C11H6Cl2FNO. The number of Topliss-reactive ketones (excluding diaryl/α,β-unsaturated/α-hetero) is 1. The lowest BCUT2D eigenvalue weighted by Crippen LogP contribution is -2.03. The van der Waals surface area contributed by atoms with Crippen LogP contribution in [0, 0.1) is 17.1 Å². The van der Waals surface area contributed by atoms with Crippen LogP contribution in [-0.4, -0.2) is 5.78 Å². The summed E-state index contributed by atoms with van der Waals surface area (Å²) in [5, 5.41) is 8.52. The third-order valence-electron chi connectivity index (χ3n) is 1.91. The van der Waals surface area contributed by atoms with Gasteiger partial charge < -0.3 is 0 Å². The average molecular weight is 258 g/mol. The highest BCUT2D eigenvalue weighted by Crippen LogP contribution is 2.26. The molecule has 0 bridgehead atoms. The molecule has 0 atom stereocenters. The second-order valence-electron chi connectivity index (χ2n) is 2.89. The molecule has 0 N–H and O–H groups in total. The van der Waals surface area contributed by atoms with Crippen molar-refractivity contribution in [2.24, 2.45) is 0 Å². The van der Waals surface area contributed by atoms with Gasteiger partial charge in [-0.15, -0.1) is 0 Å². The summed E-state index contributed by atoms with van der Waals surface area (Å²) in [7, 11) is 0. The van der Waals surface area contributed by atoms with Crippen LogP contribution >= 0.6 is 23.2 Å². The lowest BCUT2D eigenvalue weighted by Gasteiger charge is -2.03. The monoisotopic (exact) mass is 257 g/mol. The van der Waals surface area contributed by atoms with E-state index in [2.05, 4.69) is 0 Å². The molecule has 82 valence electrons. The molecule has 2 nitrogen and oxygen atoms in total. The van der Waals surface area contributed by atoms with Gasteiger partial charge in [-0.3, -0.25) is 4.79 Å². The standard InChI is InChI=1S/C11H6Cl2FNO/c1-2-6(5-15)11(16)7-3-10(14)9(13)4-8(7)12/h2-4H,1H3. The minimum absolute atomic E-state index is 0.0194. The lowest BCUT2D eigenvalue weighted by atomic mass is 10.0. The summed E-state index contributed by atoms with van der Waals surface area (Å²) >= 11 is 11.2. The van der Waals surface area contributed by atoms with Gasteiger partial charge in [-0.2, -0.15) is 5.26 Å². The van der Waals surface area contributed by atoms with Crippen molar-refractivity contribution in [2.75, 3.05) is 0 Å². The predicted octanol–water partition coefficient (Wildman–Crippen LogP) is 3.79. The molecule has 0 aliphatic carbocycles. The molecule has 1 aromatic rings. The Morgan fingerprint density at radius 1 is 1.44 bits per heavy atom. The molecule has 0 heterocycles. The topological polar surface area (TPSA) is 40.9 Å². The molecule has 0 unspecified atom stereocenters. The minimum atomic E-state index is -0.747. The first-order valence-electron chi connectivity index (χ1n) is 4.27. The summed E-state index contributed by atoms with van der Waals surface area (Å²) in [5.74, 6) is -1.37. The highest BCUT2D eigenvalue weighted by Gasteiger charge is 2.17. The van der Waals surface area contributed by atoms with E-state index in [4.69, 9.17) is 28.5 Å². The van der Waals surface area contributed by atoms with Gasteiger partial charge in [-0.05, 0) is 19.1 Å². The molecule has 16 heavy (non-hydrogen) atoms. The SMILES string of the molecule is CC=C(C#N)C(=O)c1cc(F)c(Cl)cc1Cl. The summed E-state index contributed by atoms with van der Waals surface area (Å²) in [6, 6.07) is 3.77. The Labute approximate surface area is 102 Å². The lowest BCUT2D eigenvalue weighted by molar-refractivity contribution is 0.103. The van der Waals surface area contributed by atoms with Crippen molar-refractivity contribution < 1.29 is 9.18 Å². The van der Waals surface area contributed by atoms with Gasteiger partial charge in [0.25, 0.3) is 0 Å². The number of carbonyl (C=O) groups excluding carboxylic acids is 1. The number of hydrogen-bond acceptors (Lipinski definition) is 2. The van der Waals surface area contributed by atoms with E-state index in [0.717, 1.165) is 12.1 Å². The largest absolute Gasteiger partial charge is 0.288 e. The number of nitriles is 1. The van der Waals surface area contributed by atoms with Crippen molar-refractivity contribution in [3.63, 3.8) is 0 Å². The van der Waals surface area contributed by atoms with Crippen LogP contribution in [-0.2, 0) is 0 Å². The highest BCUT2D eigenvalue weighted by molar-refractivity contribution is 6.37. The molecule has 0 saturated heterocycles. The van der Waals surface area contributed by atoms with Gasteiger partial charge in [0, 0.05) is 5.56 Å². The fraction of sp³-hybridized carbons (Fsp3) is 0.0909. The molecule has 0 radical (unpaired) electrons. The molecule has 0 amide bonds. The molecule has 0 aromatic heterocycles. The Balaban J connectivity index is 3.31. The molecule has 5 heteroatoms. The number of hydrogen-bond donors (Lipinski definition) is 0. The van der Waals surface area contributed by atoms with Crippen molar-refractivity contribution in [3.8, 4) is 6.07 Å². The number of carbonyl (C=O) groups is 1. The maximum Gasteiger partial charge on any atom is 0.204 e. The van der Waals surface area contributed by atoms with Crippen molar-refractivity contribution in [3.05, 3.63) is 45.2 Å². The first-order valence-corrected chi connectivity index (χ1v) is 5.02. The molecule has 0 aliphatic heterocycles. The van der Waals surface area contributed by atoms with Crippen LogP contribution in [0.2, 0.25) is 10.0 Å². The van der Waals surface area contributed by atoms with E-state index in [0.29, 0.717) is 0 Å².